The van der Waals surface area contributed by atoms with Crippen LogP contribution in [0, 0.1) is 0 Å². The van der Waals surface area contributed by atoms with Gasteiger partial charge in [0.25, 0.3) is 11.8 Å². The Hall–Kier alpha value is -5.63. The first-order chi connectivity index (χ1) is 28.4. The van der Waals surface area contributed by atoms with Crippen molar-refractivity contribution in [1.82, 2.24) is 35.0 Å². The fourth-order valence-corrected chi connectivity index (χ4v) is 8.48. The van der Waals surface area contributed by atoms with E-state index in [0.29, 0.717) is 47.9 Å². The molecular formula is C45H49N7O6. The maximum absolute atomic E-state index is 13.1. The number of benzene rings is 2. The molecule has 0 radical (unpaired) electrons. The number of piperazine rings is 1. The van der Waals surface area contributed by atoms with E-state index in [4.69, 9.17) is 14.2 Å². The molecule has 1 unspecified atom stereocenters. The lowest BCUT2D eigenvalue weighted by Gasteiger charge is -2.37. The molecule has 3 aliphatic heterocycles. The number of hydrogen-bond acceptors (Lipinski definition) is 10. The second-order valence-corrected chi connectivity index (χ2v) is 15.8. The van der Waals surface area contributed by atoms with Crippen LogP contribution in [-0.2, 0) is 9.53 Å². The molecule has 6 heterocycles. The van der Waals surface area contributed by atoms with Crippen LogP contribution in [-0.4, -0.2) is 118 Å². The van der Waals surface area contributed by atoms with E-state index >= 15 is 0 Å². The summed E-state index contributed by atoms with van der Waals surface area (Å²) in [5.41, 5.74) is 5.53. The number of pyridine rings is 2. The van der Waals surface area contributed by atoms with Crippen molar-refractivity contribution in [2.75, 3.05) is 52.5 Å². The summed E-state index contributed by atoms with van der Waals surface area (Å²) in [4.78, 5) is 57.0. The summed E-state index contributed by atoms with van der Waals surface area (Å²) in [6, 6.07) is 16.6. The van der Waals surface area contributed by atoms with E-state index in [1.807, 2.05) is 24.5 Å². The average Bonchev–Trinajstić information content (AvgIpc) is 3.71. The number of hydrogen-bond donors (Lipinski definition) is 2. The molecule has 2 aromatic carbocycles. The molecule has 3 aromatic heterocycles. The van der Waals surface area contributed by atoms with Crippen molar-refractivity contribution in [3.05, 3.63) is 96.6 Å². The first-order valence-electron chi connectivity index (χ1n) is 20.5. The van der Waals surface area contributed by atoms with Crippen molar-refractivity contribution in [3.63, 3.8) is 0 Å². The van der Waals surface area contributed by atoms with Gasteiger partial charge in [0.05, 0.1) is 30.4 Å². The van der Waals surface area contributed by atoms with Crippen LogP contribution in [0.25, 0.3) is 32.9 Å². The molecule has 13 nitrogen and oxygen atoms in total. The van der Waals surface area contributed by atoms with E-state index in [-0.39, 0.29) is 18.1 Å². The number of ether oxygens (including phenoxy) is 3. The number of piperidine rings is 1. The number of fused-ring (bicyclic) bond motifs is 4. The lowest BCUT2D eigenvalue weighted by atomic mass is 9.92. The monoisotopic (exact) mass is 783 g/mol. The van der Waals surface area contributed by atoms with Crippen molar-refractivity contribution < 1.29 is 28.6 Å². The Bertz CT molecular complexity index is 2330. The zero-order valence-electron chi connectivity index (χ0n) is 32.7. The molecule has 0 bridgehead atoms. The van der Waals surface area contributed by atoms with Gasteiger partial charge in [-0.15, -0.1) is 0 Å². The smallest absolute Gasteiger partial charge is 0.262 e. The number of aromatic nitrogens is 3. The maximum atomic E-state index is 13.1. The Morgan fingerprint density at radius 3 is 2.38 bits per heavy atom. The van der Waals surface area contributed by atoms with Gasteiger partial charge in [-0.1, -0.05) is 18.7 Å². The quantitative estimate of drug-likeness (QED) is 0.0966. The summed E-state index contributed by atoms with van der Waals surface area (Å²) in [6.07, 6.45) is 11.7. The summed E-state index contributed by atoms with van der Waals surface area (Å²) in [5.74, 6) is -0.0441. The van der Waals surface area contributed by atoms with Crippen LogP contribution in [0.5, 0.6) is 11.6 Å². The van der Waals surface area contributed by atoms with Crippen molar-refractivity contribution in [1.29, 1.82) is 0 Å². The van der Waals surface area contributed by atoms with E-state index in [9.17, 15) is 14.4 Å². The van der Waals surface area contributed by atoms with E-state index in [0.717, 1.165) is 110 Å². The van der Waals surface area contributed by atoms with Gasteiger partial charge in [0.1, 0.15) is 17.9 Å². The third kappa shape index (κ3) is 8.07. The van der Waals surface area contributed by atoms with E-state index in [1.165, 1.54) is 5.39 Å². The highest BCUT2D eigenvalue weighted by Crippen LogP contribution is 2.33. The topological polar surface area (TPSA) is 142 Å². The highest BCUT2D eigenvalue weighted by molar-refractivity contribution is 6.23. The highest BCUT2D eigenvalue weighted by atomic mass is 16.5. The largest absolute Gasteiger partial charge is 0.494 e. The second-order valence-electron chi connectivity index (χ2n) is 15.8. The number of H-pyrrole nitrogens is 1. The number of carbonyl (C=O) groups excluding carboxylic acids is 3. The van der Waals surface area contributed by atoms with Gasteiger partial charge in [-0.25, -0.2) is 4.98 Å². The lowest BCUT2D eigenvalue weighted by molar-refractivity contribution is -0.125. The second kappa shape index (κ2) is 16.7. The molecule has 3 amide bonds. The van der Waals surface area contributed by atoms with Gasteiger partial charge in [0.2, 0.25) is 11.8 Å². The van der Waals surface area contributed by atoms with Gasteiger partial charge in [-0.2, -0.15) is 0 Å². The first-order valence-corrected chi connectivity index (χ1v) is 20.5. The summed E-state index contributed by atoms with van der Waals surface area (Å²) in [6.45, 7) is 11.3. The molecule has 13 heteroatoms. The number of rotatable bonds is 15. The number of nitrogens with zero attached hydrogens (tertiary/aromatic N) is 5. The number of allylic oxidation sites excluding steroid dienone is 1. The van der Waals surface area contributed by atoms with Crippen LogP contribution < -0.4 is 14.8 Å². The molecular weight excluding hydrogens is 735 g/mol. The SMILES string of the molecule is C=C1CCC(N2C(=O)c3ccc(OCCCCCN4CCN(CCOC5CC(Oc6ccc(-c7ccc8c(c7)[nH]c7ccncc78)cn6)C5)CC4)cc3C2=O)C(=O)N1. The number of imide groups is 1. The molecule has 300 valence electrons. The summed E-state index contributed by atoms with van der Waals surface area (Å²) >= 11 is 0. The highest BCUT2D eigenvalue weighted by Gasteiger charge is 2.44. The Balaban J connectivity index is 0.617. The van der Waals surface area contributed by atoms with Crippen molar-refractivity contribution in [2.24, 2.45) is 0 Å². The molecule has 2 N–H and O–H groups in total. The molecule has 2 saturated heterocycles. The summed E-state index contributed by atoms with van der Waals surface area (Å²) < 4.78 is 18.3. The average molecular weight is 784 g/mol. The third-order valence-corrected chi connectivity index (χ3v) is 11.9. The predicted octanol–water partition coefficient (Wildman–Crippen LogP) is 5.96. The fourth-order valence-electron chi connectivity index (χ4n) is 8.48. The van der Waals surface area contributed by atoms with E-state index < -0.39 is 17.9 Å². The van der Waals surface area contributed by atoms with E-state index in [1.54, 1.807) is 24.4 Å². The molecule has 1 saturated carbocycles. The van der Waals surface area contributed by atoms with Gasteiger partial charge in [-0.05, 0) is 80.6 Å². The van der Waals surface area contributed by atoms with Gasteiger partial charge in [0.15, 0.2) is 0 Å². The zero-order chi connectivity index (χ0) is 39.6. The molecule has 3 fully saturated rings. The molecule has 5 aromatic rings. The van der Waals surface area contributed by atoms with Crippen LogP contribution in [0.15, 0.2) is 85.5 Å². The Kier molecular flexibility index (Phi) is 10.9. The van der Waals surface area contributed by atoms with Crippen molar-refractivity contribution >= 4 is 39.5 Å². The molecule has 0 spiro atoms. The number of aromatic amines is 1. The van der Waals surface area contributed by atoms with Crippen LogP contribution in [0.1, 0.15) is 65.7 Å². The fraction of sp³-hybridized carbons (Fsp3) is 0.400. The summed E-state index contributed by atoms with van der Waals surface area (Å²) in [5, 5.41) is 4.96. The molecule has 9 rings (SSSR count). The van der Waals surface area contributed by atoms with Crippen LogP contribution >= 0.6 is 0 Å². The molecule has 1 atom stereocenters. The van der Waals surface area contributed by atoms with E-state index in [2.05, 4.69) is 60.9 Å². The summed E-state index contributed by atoms with van der Waals surface area (Å²) in [7, 11) is 0. The van der Waals surface area contributed by atoms with Gasteiger partial charge >= 0.3 is 0 Å². The Morgan fingerprint density at radius 2 is 1.57 bits per heavy atom. The molecule has 58 heavy (non-hydrogen) atoms. The standard InChI is InChI=1S/C45H49N7O6/c1-29-5-11-41(43(53)48-29)52-44(54)36-10-8-32(26-37(36)45(52)55)56-21-4-2-3-15-50-16-18-51(19-17-50)20-22-57-33-24-34(25-33)58-42-12-7-31(27-47-42)30-6-9-35-38-28-46-14-13-39(38)49-40(35)23-30/h6-10,12-14,23,26-28,33-34,41,49H,1-5,11,15-22,24-25H2,(H,48,53). The first kappa shape index (κ1) is 37.9. The number of nitrogens with one attached hydrogen (secondary N) is 2. The Morgan fingerprint density at radius 1 is 0.759 bits per heavy atom. The van der Waals surface area contributed by atoms with Crippen LogP contribution in [0.4, 0.5) is 0 Å². The van der Waals surface area contributed by atoms with Crippen molar-refractivity contribution in [2.45, 2.75) is 63.2 Å². The number of unbranched alkanes of at least 4 members (excludes halogenated alkanes) is 2. The minimum atomic E-state index is -0.819. The normalized spacial score (nSPS) is 21.4. The van der Waals surface area contributed by atoms with Gasteiger partial charge in [0, 0.05) is 103 Å². The minimum Gasteiger partial charge on any atom is -0.494 e. The Labute approximate surface area is 337 Å². The predicted molar refractivity (Wildman–Crippen MR) is 220 cm³/mol. The van der Waals surface area contributed by atoms with Crippen molar-refractivity contribution in [3.8, 4) is 22.8 Å². The number of amides is 3. The lowest BCUT2D eigenvalue weighted by Crippen LogP contribution is -2.51. The van der Waals surface area contributed by atoms with Crippen LogP contribution in [0.2, 0.25) is 0 Å². The minimum absolute atomic E-state index is 0.137. The maximum Gasteiger partial charge on any atom is 0.262 e. The number of carbonyl (C=O) groups is 3. The van der Waals surface area contributed by atoms with Crippen LogP contribution in [0.3, 0.4) is 0 Å². The van der Waals surface area contributed by atoms with Gasteiger partial charge in [-0.3, -0.25) is 29.2 Å². The molecule has 1 aliphatic carbocycles. The third-order valence-electron chi connectivity index (χ3n) is 11.9. The zero-order valence-corrected chi connectivity index (χ0v) is 32.7. The van der Waals surface area contributed by atoms with Gasteiger partial charge < -0.3 is 29.4 Å². The molecule has 4 aliphatic rings.